The highest BCUT2D eigenvalue weighted by Gasteiger charge is 2.43. The quantitative estimate of drug-likeness (QED) is 0.777. The normalized spacial score (nSPS) is 17.7. The molecule has 0 aromatic heterocycles. The van der Waals surface area contributed by atoms with Gasteiger partial charge in [-0.1, -0.05) is 12.1 Å². The van der Waals surface area contributed by atoms with Gasteiger partial charge in [-0.25, -0.2) is 0 Å². The number of amides is 4. The Balaban J connectivity index is 1.46. The highest BCUT2D eigenvalue weighted by molar-refractivity contribution is 6.21. The first-order valence-electron chi connectivity index (χ1n) is 8.79. The molecule has 2 heterocycles. The van der Waals surface area contributed by atoms with Crippen LogP contribution in [-0.2, 0) is 9.59 Å². The number of rotatable bonds is 4. The maximum Gasteiger partial charge on any atom is 0.471 e. The molecule has 1 N–H and O–H groups in total. The van der Waals surface area contributed by atoms with E-state index in [1.807, 2.05) is 0 Å². The number of hydrogen-bond acceptors (Lipinski definition) is 4. The largest absolute Gasteiger partial charge is 0.471 e. The van der Waals surface area contributed by atoms with Crippen LogP contribution in [0.5, 0.6) is 0 Å². The van der Waals surface area contributed by atoms with E-state index in [0.29, 0.717) is 11.1 Å². The lowest BCUT2D eigenvalue weighted by molar-refractivity contribution is -0.186. The monoisotopic (exact) mass is 397 g/mol. The van der Waals surface area contributed by atoms with Gasteiger partial charge in [-0.3, -0.25) is 24.1 Å². The number of nitrogens with zero attached hydrogens (tertiary/aromatic N) is 2. The number of likely N-dealkylation sites (tertiary alicyclic amines) is 1. The average molecular weight is 397 g/mol. The number of halogens is 3. The van der Waals surface area contributed by atoms with Crippen molar-refractivity contribution in [2.75, 3.05) is 19.6 Å². The van der Waals surface area contributed by atoms with E-state index in [0.717, 1.165) is 9.80 Å². The van der Waals surface area contributed by atoms with E-state index in [2.05, 4.69) is 5.32 Å². The van der Waals surface area contributed by atoms with Gasteiger partial charge in [0.15, 0.2) is 0 Å². The molecule has 0 unspecified atom stereocenters. The van der Waals surface area contributed by atoms with Crippen molar-refractivity contribution >= 4 is 23.6 Å². The van der Waals surface area contributed by atoms with Crippen molar-refractivity contribution in [1.29, 1.82) is 0 Å². The maximum absolute atomic E-state index is 12.4. The van der Waals surface area contributed by atoms with Gasteiger partial charge in [0.25, 0.3) is 11.8 Å². The van der Waals surface area contributed by atoms with Crippen LogP contribution in [0.3, 0.4) is 0 Å². The fourth-order valence-corrected chi connectivity index (χ4v) is 3.36. The third-order valence-electron chi connectivity index (χ3n) is 4.83. The minimum absolute atomic E-state index is 0.0798. The predicted molar refractivity (Wildman–Crippen MR) is 90.2 cm³/mol. The zero-order chi connectivity index (χ0) is 20.5. The summed E-state index contributed by atoms with van der Waals surface area (Å²) in [5, 5.41) is 2.68. The van der Waals surface area contributed by atoms with Crippen LogP contribution in [0.1, 0.15) is 40.0 Å². The van der Waals surface area contributed by atoms with Crippen molar-refractivity contribution < 1.29 is 32.3 Å². The summed E-state index contributed by atoms with van der Waals surface area (Å²) in [6, 6.07) is 6.04. The van der Waals surface area contributed by atoms with Gasteiger partial charge in [0, 0.05) is 32.1 Å². The Bertz CT molecular complexity index is 782. The summed E-state index contributed by atoms with van der Waals surface area (Å²) in [6.07, 6.45) is -4.59. The van der Waals surface area contributed by atoms with Gasteiger partial charge in [0.2, 0.25) is 5.91 Å². The lowest BCUT2D eigenvalue weighted by atomic mass is 10.0. The van der Waals surface area contributed by atoms with Crippen molar-refractivity contribution in [2.24, 2.45) is 0 Å². The Labute approximate surface area is 158 Å². The second-order valence-corrected chi connectivity index (χ2v) is 6.69. The highest BCUT2D eigenvalue weighted by atomic mass is 19.4. The summed E-state index contributed by atoms with van der Waals surface area (Å²) in [5.74, 6) is -3.18. The second-order valence-electron chi connectivity index (χ2n) is 6.69. The number of alkyl halides is 3. The molecule has 0 saturated carbocycles. The molecule has 1 aromatic rings. The van der Waals surface area contributed by atoms with Crippen LogP contribution >= 0.6 is 0 Å². The third-order valence-corrected chi connectivity index (χ3v) is 4.83. The van der Waals surface area contributed by atoms with Crippen molar-refractivity contribution in [1.82, 2.24) is 15.1 Å². The molecule has 1 saturated heterocycles. The fraction of sp³-hybridized carbons (Fsp3) is 0.444. The second kappa shape index (κ2) is 7.61. The summed E-state index contributed by atoms with van der Waals surface area (Å²) in [5.41, 5.74) is 0.601. The van der Waals surface area contributed by atoms with E-state index in [-0.39, 0.29) is 44.9 Å². The molecule has 3 rings (SSSR count). The molecule has 4 amide bonds. The standard InChI is InChI=1S/C18H18F3N3O4/c19-18(20,21)17(28)23-8-5-11(6-9-23)22-14(25)7-10-24-15(26)12-3-1-2-4-13(12)16(24)27/h1-4,11H,5-10H2,(H,22,25). The molecule has 1 aromatic carbocycles. The van der Waals surface area contributed by atoms with Crippen molar-refractivity contribution in [3.05, 3.63) is 35.4 Å². The van der Waals surface area contributed by atoms with Gasteiger partial charge in [0.05, 0.1) is 11.1 Å². The molecule has 2 aliphatic rings. The Morgan fingerprint density at radius 3 is 2.07 bits per heavy atom. The van der Waals surface area contributed by atoms with E-state index in [1.165, 1.54) is 0 Å². The van der Waals surface area contributed by atoms with Crippen molar-refractivity contribution in [3.8, 4) is 0 Å². The fourth-order valence-electron chi connectivity index (χ4n) is 3.36. The van der Waals surface area contributed by atoms with Gasteiger partial charge in [-0.2, -0.15) is 13.2 Å². The van der Waals surface area contributed by atoms with Crippen molar-refractivity contribution in [2.45, 2.75) is 31.5 Å². The summed E-state index contributed by atoms with van der Waals surface area (Å²) in [7, 11) is 0. The first kappa shape index (κ1) is 19.8. The van der Waals surface area contributed by atoms with Gasteiger partial charge < -0.3 is 10.2 Å². The van der Waals surface area contributed by atoms with Gasteiger partial charge in [0.1, 0.15) is 0 Å². The van der Waals surface area contributed by atoms with Crippen LogP contribution in [0.15, 0.2) is 24.3 Å². The molecule has 10 heteroatoms. The Morgan fingerprint density at radius 2 is 1.57 bits per heavy atom. The summed E-state index contributed by atoms with van der Waals surface area (Å²) in [4.78, 5) is 49.5. The Morgan fingerprint density at radius 1 is 1.04 bits per heavy atom. The molecule has 0 aliphatic carbocycles. The molecule has 0 atom stereocenters. The molecule has 0 spiro atoms. The molecule has 28 heavy (non-hydrogen) atoms. The lowest BCUT2D eigenvalue weighted by Crippen LogP contribution is -2.50. The topological polar surface area (TPSA) is 86.8 Å². The SMILES string of the molecule is O=C(CCN1C(=O)c2ccccc2C1=O)NC1CCN(C(=O)C(F)(F)F)CC1. The van der Waals surface area contributed by atoms with E-state index in [1.54, 1.807) is 24.3 Å². The van der Waals surface area contributed by atoms with Gasteiger partial charge >= 0.3 is 12.1 Å². The van der Waals surface area contributed by atoms with Crippen LogP contribution in [0.25, 0.3) is 0 Å². The number of piperidine rings is 1. The van der Waals surface area contributed by atoms with Crippen molar-refractivity contribution in [3.63, 3.8) is 0 Å². The van der Waals surface area contributed by atoms with E-state index in [4.69, 9.17) is 0 Å². The minimum Gasteiger partial charge on any atom is -0.353 e. The molecule has 1 fully saturated rings. The smallest absolute Gasteiger partial charge is 0.353 e. The number of carbonyl (C=O) groups excluding carboxylic acids is 4. The minimum atomic E-state index is -4.90. The first-order chi connectivity index (χ1) is 13.2. The molecule has 150 valence electrons. The summed E-state index contributed by atoms with van der Waals surface area (Å²) in [6.45, 7) is -0.271. The van der Waals surface area contributed by atoms with Crippen LogP contribution in [0.4, 0.5) is 13.2 Å². The van der Waals surface area contributed by atoms with Crippen LogP contribution in [-0.4, -0.2) is 65.3 Å². The number of imide groups is 1. The number of fused-ring (bicyclic) bond motifs is 1. The molecule has 2 aliphatic heterocycles. The number of carbonyl (C=O) groups is 4. The van der Waals surface area contributed by atoms with Crippen LogP contribution in [0.2, 0.25) is 0 Å². The number of hydrogen-bond donors (Lipinski definition) is 1. The Kier molecular flexibility index (Phi) is 5.39. The van der Waals surface area contributed by atoms with Gasteiger partial charge in [-0.05, 0) is 25.0 Å². The molecule has 7 nitrogen and oxygen atoms in total. The predicted octanol–water partition coefficient (Wildman–Crippen LogP) is 1.34. The number of benzene rings is 1. The lowest BCUT2D eigenvalue weighted by Gasteiger charge is -2.32. The molecular formula is C18H18F3N3O4. The zero-order valence-corrected chi connectivity index (χ0v) is 14.8. The third kappa shape index (κ3) is 4.00. The molecular weight excluding hydrogens is 379 g/mol. The Hall–Kier alpha value is -2.91. The van der Waals surface area contributed by atoms with Crippen LogP contribution < -0.4 is 5.32 Å². The van der Waals surface area contributed by atoms with E-state index < -0.39 is 29.8 Å². The van der Waals surface area contributed by atoms with E-state index in [9.17, 15) is 32.3 Å². The average Bonchev–Trinajstić information content (AvgIpc) is 2.90. The van der Waals surface area contributed by atoms with Gasteiger partial charge in [-0.15, -0.1) is 0 Å². The zero-order valence-electron chi connectivity index (χ0n) is 14.8. The maximum atomic E-state index is 12.4. The van der Waals surface area contributed by atoms with Crippen LogP contribution in [0, 0.1) is 0 Å². The molecule has 0 radical (unpaired) electrons. The summed E-state index contributed by atoms with van der Waals surface area (Å²) >= 11 is 0. The molecule has 0 bridgehead atoms. The highest BCUT2D eigenvalue weighted by Crippen LogP contribution is 2.23. The van der Waals surface area contributed by atoms with E-state index >= 15 is 0 Å². The first-order valence-corrected chi connectivity index (χ1v) is 8.79. The summed E-state index contributed by atoms with van der Waals surface area (Å²) < 4.78 is 37.3. The number of nitrogens with one attached hydrogen (secondary N) is 1.